The highest BCUT2D eigenvalue weighted by atomic mass is 15.0. The van der Waals surface area contributed by atoms with Gasteiger partial charge in [0.05, 0.1) is 22.1 Å². The Morgan fingerprint density at radius 2 is 0.527 bits per heavy atom. The van der Waals surface area contributed by atoms with Crippen molar-refractivity contribution in [3.05, 3.63) is 273 Å². The molecule has 3 aromatic heterocycles. The minimum atomic E-state index is 0.602. The Morgan fingerprint density at radius 3 is 0.973 bits per heavy atom. The molecule has 0 atom stereocenters. The molecule has 14 aromatic rings. The summed E-state index contributed by atoms with van der Waals surface area (Å²) in [4.78, 5) is 15.6. The number of benzene rings is 11. The highest BCUT2D eigenvalue weighted by Gasteiger charge is 2.20. The third kappa shape index (κ3) is 7.46. The van der Waals surface area contributed by atoms with Crippen molar-refractivity contribution in [2.75, 3.05) is 0 Å². The first-order valence-electron chi connectivity index (χ1n) is 25.1. The van der Waals surface area contributed by atoms with E-state index >= 15 is 0 Å². The van der Waals surface area contributed by atoms with E-state index in [0.717, 1.165) is 61.4 Å². The zero-order chi connectivity index (χ0) is 49.0. The Bertz CT molecular complexity index is 4130. The van der Waals surface area contributed by atoms with Crippen LogP contribution in [-0.4, -0.2) is 24.1 Å². The van der Waals surface area contributed by atoms with Crippen LogP contribution in [-0.2, 0) is 0 Å². The first-order chi connectivity index (χ1) is 36.7. The van der Waals surface area contributed by atoms with E-state index in [0.29, 0.717) is 17.5 Å². The SMILES string of the molecule is c1ccc(-c2nc(-c3ccccc3)nc(-c3cc(-c4cccc(-c5cccc6c5c5ccccc5n6-c5ccccc5)c4)cc(-c4cccc(-c5cccc6c5c5ccccc5n6-c5ccccc5)c4)c3)n2)cc1. The Morgan fingerprint density at radius 1 is 0.216 bits per heavy atom. The molecule has 0 fully saturated rings. The van der Waals surface area contributed by atoms with Crippen molar-refractivity contribution < 1.29 is 0 Å². The second-order valence-corrected chi connectivity index (χ2v) is 18.8. The lowest BCUT2D eigenvalue weighted by atomic mass is 9.91. The molecule has 11 aromatic carbocycles. The summed E-state index contributed by atoms with van der Waals surface area (Å²) >= 11 is 0. The highest BCUT2D eigenvalue weighted by Crippen LogP contribution is 2.43. The second kappa shape index (κ2) is 18.0. The number of rotatable bonds is 9. The van der Waals surface area contributed by atoms with E-state index in [-0.39, 0.29) is 0 Å². The van der Waals surface area contributed by atoms with Crippen LogP contribution in [0.5, 0.6) is 0 Å². The first kappa shape index (κ1) is 42.9. The minimum absolute atomic E-state index is 0.602. The number of fused-ring (bicyclic) bond motifs is 6. The summed E-state index contributed by atoms with van der Waals surface area (Å²) in [5, 5.41) is 4.89. The predicted octanol–water partition coefficient (Wildman–Crippen LogP) is 17.7. The van der Waals surface area contributed by atoms with Crippen LogP contribution in [0.15, 0.2) is 273 Å². The molecule has 5 nitrogen and oxygen atoms in total. The Labute approximate surface area is 428 Å². The molecule has 0 bridgehead atoms. The summed E-state index contributed by atoms with van der Waals surface area (Å²) in [6.07, 6.45) is 0. The summed E-state index contributed by atoms with van der Waals surface area (Å²) in [6, 6.07) is 97.3. The fourth-order valence-electron chi connectivity index (χ4n) is 11.0. The van der Waals surface area contributed by atoms with Gasteiger partial charge in [-0.1, -0.05) is 194 Å². The quantitative estimate of drug-likeness (QED) is 0.145. The second-order valence-electron chi connectivity index (χ2n) is 18.8. The van der Waals surface area contributed by atoms with Gasteiger partial charge in [-0.15, -0.1) is 0 Å². The molecule has 14 rings (SSSR count). The van der Waals surface area contributed by atoms with Crippen LogP contribution >= 0.6 is 0 Å². The van der Waals surface area contributed by atoms with Crippen molar-refractivity contribution in [2.24, 2.45) is 0 Å². The Kier molecular flexibility index (Phi) is 10.4. The van der Waals surface area contributed by atoms with E-state index in [9.17, 15) is 0 Å². The monoisotopic (exact) mass is 943 g/mol. The average molecular weight is 944 g/mol. The number of para-hydroxylation sites is 4. The number of aromatic nitrogens is 5. The van der Waals surface area contributed by atoms with E-state index in [1.807, 2.05) is 36.4 Å². The van der Waals surface area contributed by atoms with Crippen molar-refractivity contribution in [1.82, 2.24) is 24.1 Å². The lowest BCUT2D eigenvalue weighted by Crippen LogP contribution is -2.00. The largest absolute Gasteiger partial charge is 0.309 e. The van der Waals surface area contributed by atoms with Crippen molar-refractivity contribution in [2.45, 2.75) is 0 Å². The van der Waals surface area contributed by atoms with Gasteiger partial charge in [-0.05, 0) is 123 Å². The smallest absolute Gasteiger partial charge is 0.164 e. The van der Waals surface area contributed by atoms with E-state index in [1.165, 1.54) is 54.7 Å². The van der Waals surface area contributed by atoms with Crippen LogP contribution in [0.4, 0.5) is 0 Å². The summed E-state index contributed by atoms with van der Waals surface area (Å²) in [6.45, 7) is 0. The molecule has 3 heterocycles. The van der Waals surface area contributed by atoms with Gasteiger partial charge >= 0.3 is 0 Å². The maximum atomic E-state index is 5.25. The summed E-state index contributed by atoms with van der Waals surface area (Å²) in [7, 11) is 0. The van der Waals surface area contributed by atoms with Crippen molar-refractivity contribution in [3.8, 4) is 90.0 Å². The topological polar surface area (TPSA) is 48.5 Å². The van der Waals surface area contributed by atoms with E-state index in [1.54, 1.807) is 0 Å². The van der Waals surface area contributed by atoms with Gasteiger partial charge in [0.25, 0.3) is 0 Å². The molecule has 0 radical (unpaired) electrons. The highest BCUT2D eigenvalue weighted by molar-refractivity contribution is 6.17. The molecule has 74 heavy (non-hydrogen) atoms. The molecule has 0 N–H and O–H groups in total. The number of hydrogen-bond acceptors (Lipinski definition) is 3. The van der Waals surface area contributed by atoms with Crippen molar-refractivity contribution in [3.63, 3.8) is 0 Å². The summed E-state index contributed by atoms with van der Waals surface area (Å²) < 4.78 is 4.76. The molecule has 0 spiro atoms. The molecule has 0 amide bonds. The van der Waals surface area contributed by atoms with Crippen LogP contribution in [0, 0.1) is 0 Å². The molecule has 346 valence electrons. The van der Waals surface area contributed by atoms with Gasteiger partial charge in [-0.25, -0.2) is 15.0 Å². The molecule has 0 aliphatic rings. The molecular weight excluding hydrogens is 899 g/mol. The molecule has 0 saturated carbocycles. The maximum absolute atomic E-state index is 5.25. The fraction of sp³-hybridized carbons (Fsp3) is 0. The van der Waals surface area contributed by atoms with E-state index in [4.69, 9.17) is 15.0 Å². The van der Waals surface area contributed by atoms with Gasteiger partial charge in [0, 0.05) is 49.6 Å². The van der Waals surface area contributed by atoms with Crippen LogP contribution < -0.4 is 0 Å². The predicted molar refractivity (Wildman–Crippen MR) is 307 cm³/mol. The number of hydrogen-bond donors (Lipinski definition) is 0. The lowest BCUT2D eigenvalue weighted by molar-refractivity contribution is 1.07. The molecule has 5 heteroatoms. The summed E-state index contributed by atoms with van der Waals surface area (Å²) in [5.41, 5.74) is 18.6. The van der Waals surface area contributed by atoms with Crippen LogP contribution in [0.2, 0.25) is 0 Å². The number of nitrogens with zero attached hydrogens (tertiary/aromatic N) is 5. The zero-order valence-corrected chi connectivity index (χ0v) is 40.2. The van der Waals surface area contributed by atoms with Gasteiger partial charge in [-0.3, -0.25) is 0 Å². The van der Waals surface area contributed by atoms with Crippen LogP contribution in [0.25, 0.3) is 134 Å². The third-order valence-electron chi connectivity index (χ3n) is 14.3. The first-order valence-corrected chi connectivity index (χ1v) is 25.1. The summed E-state index contributed by atoms with van der Waals surface area (Å²) in [5.74, 6) is 1.84. The fourth-order valence-corrected chi connectivity index (χ4v) is 11.0. The molecule has 0 aliphatic heterocycles. The van der Waals surface area contributed by atoms with Gasteiger partial charge in [0.2, 0.25) is 0 Å². The van der Waals surface area contributed by atoms with Crippen LogP contribution in [0.1, 0.15) is 0 Å². The van der Waals surface area contributed by atoms with Gasteiger partial charge in [-0.2, -0.15) is 0 Å². The van der Waals surface area contributed by atoms with E-state index < -0.39 is 0 Å². The lowest BCUT2D eigenvalue weighted by Gasteiger charge is -2.14. The van der Waals surface area contributed by atoms with Gasteiger partial charge in [0.15, 0.2) is 17.5 Å². The maximum Gasteiger partial charge on any atom is 0.164 e. The molecule has 0 aliphatic carbocycles. The average Bonchev–Trinajstić information content (AvgIpc) is 4.02. The Balaban J connectivity index is 0.967. The van der Waals surface area contributed by atoms with Crippen LogP contribution in [0.3, 0.4) is 0 Å². The van der Waals surface area contributed by atoms with Crippen molar-refractivity contribution in [1.29, 1.82) is 0 Å². The molecule has 0 unspecified atom stereocenters. The van der Waals surface area contributed by atoms with Gasteiger partial charge < -0.3 is 9.13 Å². The molecular formula is C69H45N5. The van der Waals surface area contributed by atoms with Crippen molar-refractivity contribution >= 4 is 43.6 Å². The molecule has 0 saturated heterocycles. The van der Waals surface area contributed by atoms with Gasteiger partial charge in [0.1, 0.15) is 0 Å². The standard InChI is InChI=1S/C69H45N5/c1-5-21-46(22-6-1)67-70-68(47-23-7-2-8-24-47)72-69(71-67)54-44-52(48-25-17-27-50(41-48)57-35-19-39-63-65(57)59-33-13-15-37-61(59)73(63)55-29-9-3-10-30-55)43-53(45-54)49-26-18-28-51(42-49)58-36-20-40-64-66(58)60-34-14-16-38-62(60)74(64)56-31-11-4-12-32-56/h1-45H. The third-order valence-corrected chi connectivity index (χ3v) is 14.3. The zero-order valence-electron chi connectivity index (χ0n) is 40.2. The minimum Gasteiger partial charge on any atom is -0.309 e. The Hall–Kier alpha value is -9.97. The normalized spacial score (nSPS) is 11.5. The van der Waals surface area contributed by atoms with E-state index in [2.05, 4.69) is 246 Å².